The van der Waals surface area contributed by atoms with Crippen molar-refractivity contribution in [2.24, 2.45) is 0 Å². The molecule has 0 radical (unpaired) electrons. The van der Waals surface area contributed by atoms with Crippen LogP contribution in [0.4, 0.5) is 18.9 Å². The van der Waals surface area contributed by atoms with Crippen LogP contribution in [0, 0.1) is 0 Å². The zero-order valence-corrected chi connectivity index (χ0v) is 8.48. The van der Waals surface area contributed by atoms with Crippen molar-refractivity contribution in [3.05, 3.63) is 23.8 Å². The summed E-state index contributed by atoms with van der Waals surface area (Å²) in [5.41, 5.74) is -0.304. The number of hydrogen-bond acceptors (Lipinski definition) is 2. The molecule has 5 heteroatoms. The fraction of sp³-hybridized carbons (Fsp3) is 0.400. The van der Waals surface area contributed by atoms with E-state index >= 15 is 0 Å². The molecule has 0 saturated heterocycles. The summed E-state index contributed by atoms with van der Waals surface area (Å²) in [5, 5.41) is 2.81. The van der Waals surface area contributed by atoms with Crippen LogP contribution in [-0.4, -0.2) is 13.7 Å². The molecule has 15 heavy (non-hydrogen) atoms. The van der Waals surface area contributed by atoms with Gasteiger partial charge in [0.25, 0.3) is 0 Å². The number of hydrogen-bond donors (Lipinski definition) is 1. The molecule has 0 aromatic heterocycles. The van der Waals surface area contributed by atoms with E-state index in [0.29, 0.717) is 12.2 Å². The Bertz CT molecular complexity index is 336. The summed E-state index contributed by atoms with van der Waals surface area (Å²) in [6, 6.07) is 3.56. The minimum Gasteiger partial charge on any atom is -0.497 e. The number of benzene rings is 1. The van der Waals surface area contributed by atoms with Crippen molar-refractivity contribution in [1.82, 2.24) is 0 Å². The third kappa shape index (κ3) is 3.04. The zero-order valence-electron chi connectivity index (χ0n) is 8.48. The molecule has 1 N–H and O–H groups in total. The van der Waals surface area contributed by atoms with Crippen molar-refractivity contribution >= 4 is 5.69 Å². The third-order valence-electron chi connectivity index (χ3n) is 1.85. The van der Waals surface area contributed by atoms with Crippen molar-refractivity contribution in [2.45, 2.75) is 13.1 Å². The van der Waals surface area contributed by atoms with E-state index in [0.717, 1.165) is 12.1 Å². The molecule has 0 aliphatic heterocycles. The van der Waals surface area contributed by atoms with Gasteiger partial charge in [0, 0.05) is 18.3 Å². The molecule has 0 heterocycles. The Morgan fingerprint density at radius 3 is 2.40 bits per heavy atom. The number of methoxy groups -OCH3 is 1. The van der Waals surface area contributed by atoms with E-state index in [1.807, 2.05) is 6.92 Å². The van der Waals surface area contributed by atoms with Gasteiger partial charge in [-0.3, -0.25) is 0 Å². The molecule has 0 atom stereocenters. The van der Waals surface area contributed by atoms with E-state index in [2.05, 4.69) is 5.32 Å². The molecular formula is C10H12F3NO. The number of anilines is 1. The van der Waals surface area contributed by atoms with Gasteiger partial charge in [0.1, 0.15) is 5.75 Å². The van der Waals surface area contributed by atoms with Crippen molar-refractivity contribution in [3.63, 3.8) is 0 Å². The van der Waals surface area contributed by atoms with Crippen LogP contribution >= 0.6 is 0 Å². The summed E-state index contributed by atoms with van der Waals surface area (Å²) in [7, 11) is 1.34. The van der Waals surface area contributed by atoms with Gasteiger partial charge >= 0.3 is 6.18 Å². The molecule has 0 unspecified atom stereocenters. The monoisotopic (exact) mass is 219 g/mol. The van der Waals surface area contributed by atoms with Crippen LogP contribution in [-0.2, 0) is 6.18 Å². The van der Waals surface area contributed by atoms with Crippen LogP contribution in [0.25, 0.3) is 0 Å². The highest BCUT2D eigenvalue weighted by molar-refractivity contribution is 5.51. The molecule has 0 fully saturated rings. The van der Waals surface area contributed by atoms with Gasteiger partial charge in [0.15, 0.2) is 0 Å². The van der Waals surface area contributed by atoms with Crippen LogP contribution in [0.2, 0.25) is 0 Å². The first-order chi connectivity index (χ1) is 6.97. The Morgan fingerprint density at radius 2 is 1.93 bits per heavy atom. The maximum Gasteiger partial charge on any atom is 0.416 e. The smallest absolute Gasteiger partial charge is 0.416 e. The molecule has 0 spiro atoms. The molecule has 1 rings (SSSR count). The van der Waals surface area contributed by atoms with Crippen LogP contribution in [0.5, 0.6) is 5.75 Å². The van der Waals surface area contributed by atoms with Crippen LogP contribution < -0.4 is 10.1 Å². The predicted octanol–water partition coefficient (Wildman–Crippen LogP) is 3.15. The van der Waals surface area contributed by atoms with E-state index in [4.69, 9.17) is 4.74 Å². The van der Waals surface area contributed by atoms with Gasteiger partial charge in [0.2, 0.25) is 0 Å². The van der Waals surface area contributed by atoms with Crippen LogP contribution in [0.1, 0.15) is 12.5 Å². The minimum atomic E-state index is -4.35. The SMILES string of the molecule is CCNc1cc(OC)cc(C(F)(F)F)c1. The fourth-order valence-electron chi connectivity index (χ4n) is 1.19. The summed E-state index contributed by atoms with van der Waals surface area (Å²) in [4.78, 5) is 0. The summed E-state index contributed by atoms with van der Waals surface area (Å²) in [6.07, 6.45) is -4.35. The Labute approximate surface area is 86.1 Å². The van der Waals surface area contributed by atoms with E-state index in [9.17, 15) is 13.2 Å². The molecule has 84 valence electrons. The van der Waals surface area contributed by atoms with Crippen LogP contribution in [0.3, 0.4) is 0 Å². The molecule has 0 aliphatic rings. The van der Waals surface area contributed by atoms with Gasteiger partial charge < -0.3 is 10.1 Å². The van der Waals surface area contributed by atoms with E-state index in [1.54, 1.807) is 0 Å². The lowest BCUT2D eigenvalue weighted by Gasteiger charge is -2.12. The second kappa shape index (κ2) is 4.42. The highest BCUT2D eigenvalue weighted by Gasteiger charge is 2.31. The first-order valence-electron chi connectivity index (χ1n) is 4.47. The van der Waals surface area contributed by atoms with Gasteiger partial charge in [-0.2, -0.15) is 13.2 Å². The minimum absolute atomic E-state index is 0.195. The fourth-order valence-corrected chi connectivity index (χ4v) is 1.19. The normalized spacial score (nSPS) is 11.3. The van der Waals surface area contributed by atoms with Gasteiger partial charge in [-0.25, -0.2) is 0 Å². The van der Waals surface area contributed by atoms with Gasteiger partial charge in [0.05, 0.1) is 12.7 Å². The van der Waals surface area contributed by atoms with E-state index in [1.165, 1.54) is 13.2 Å². The number of rotatable bonds is 3. The Balaban J connectivity index is 3.11. The maximum absolute atomic E-state index is 12.4. The standard InChI is InChI=1S/C10H12F3NO/c1-3-14-8-4-7(10(11,12)13)5-9(6-8)15-2/h4-6,14H,3H2,1-2H3. The summed E-state index contributed by atoms with van der Waals surface area (Å²) in [5.74, 6) is 0.195. The van der Waals surface area contributed by atoms with Gasteiger partial charge in [-0.15, -0.1) is 0 Å². The lowest BCUT2D eigenvalue weighted by molar-refractivity contribution is -0.137. The largest absolute Gasteiger partial charge is 0.497 e. The molecule has 2 nitrogen and oxygen atoms in total. The molecule has 0 aliphatic carbocycles. The van der Waals surface area contributed by atoms with Crippen molar-refractivity contribution in [1.29, 1.82) is 0 Å². The predicted molar refractivity (Wildman–Crippen MR) is 52.2 cm³/mol. The molecule has 0 saturated carbocycles. The van der Waals surface area contributed by atoms with E-state index < -0.39 is 11.7 Å². The molecule has 0 amide bonds. The van der Waals surface area contributed by atoms with Gasteiger partial charge in [-0.05, 0) is 19.1 Å². The first-order valence-corrected chi connectivity index (χ1v) is 4.47. The highest BCUT2D eigenvalue weighted by atomic mass is 19.4. The third-order valence-corrected chi connectivity index (χ3v) is 1.85. The quantitative estimate of drug-likeness (QED) is 0.843. The number of alkyl halides is 3. The number of nitrogens with one attached hydrogen (secondary N) is 1. The Hall–Kier alpha value is -1.39. The Kier molecular flexibility index (Phi) is 3.44. The average molecular weight is 219 g/mol. The average Bonchev–Trinajstić information content (AvgIpc) is 2.16. The second-order valence-electron chi connectivity index (χ2n) is 2.98. The number of ether oxygens (including phenoxy) is 1. The maximum atomic E-state index is 12.4. The lowest BCUT2D eigenvalue weighted by Crippen LogP contribution is -2.07. The first kappa shape index (κ1) is 11.7. The number of halogens is 3. The summed E-state index contributed by atoms with van der Waals surface area (Å²) in [6.45, 7) is 2.37. The molecule has 0 bridgehead atoms. The molecular weight excluding hydrogens is 207 g/mol. The summed E-state index contributed by atoms with van der Waals surface area (Å²) < 4.78 is 42.1. The lowest BCUT2D eigenvalue weighted by atomic mass is 10.2. The zero-order chi connectivity index (χ0) is 11.5. The Morgan fingerprint density at radius 1 is 1.27 bits per heavy atom. The van der Waals surface area contributed by atoms with Crippen molar-refractivity contribution in [3.8, 4) is 5.75 Å². The van der Waals surface area contributed by atoms with E-state index in [-0.39, 0.29) is 5.75 Å². The summed E-state index contributed by atoms with van der Waals surface area (Å²) >= 11 is 0. The van der Waals surface area contributed by atoms with Crippen LogP contribution in [0.15, 0.2) is 18.2 Å². The van der Waals surface area contributed by atoms with Crippen molar-refractivity contribution in [2.75, 3.05) is 19.0 Å². The molecule has 1 aromatic carbocycles. The second-order valence-corrected chi connectivity index (χ2v) is 2.98. The van der Waals surface area contributed by atoms with Gasteiger partial charge in [-0.1, -0.05) is 0 Å². The topological polar surface area (TPSA) is 21.3 Å². The highest BCUT2D eigenvalue weighted by Crippen LogP contribution is 2.33. The van der Waals surface area contributed by atoms with Crippen molar-refractivity contribution < 1.29 is 17.9 Å². The molecule has 1 aromatic rings.